The Morgan fingerprint density at radius 2 is 2.45 bits per heavy atom. The third-order valence-corrected chi connectivity index (χ3v) is 1.79. The molecular formula is C7H13N3O. The van der Waals surface area contributed by atoms with Gasteiger partial charge in [-0.25, -0.2) is 4.79 Å². The lowest BCUT2D eigenvalue weighted by atomic mass is 10.3. The van der Waals surface area contributed by atoms with Crippen LogP contribution in [-0.4, -0.2) is 16.1 Å². The molecule has 1 unspecified atom stereocenters. The van der Waals surface area contributed by atoms with E-state index in [1.54, 1.807) is 10.8 Å². The molecule has 0 aliphatic carbocycles. The van der Waals surface area contributed by atoms with Crippen LogP contribution in [0.15, 0.2) is 11.0 Å². The van der Waals surface area contributed by atoms with E-state index in [4.69, 9.17) is 5.73 Å². The summed E-state index contributed by atoms with van der Waals surface area (Å²) in [5.74, 6) is 0. The minimum atomic E-state index is -0.0829. The Bertz CT molecular complexity index is 286. The van der Waals surface area contributed by atoms with Crippen molar-refractivity contribution in [2.75, 3.05) is 6.54 Å². The molecule has 0 spiro atoms. The van der Waals surface area contributed by atoms with Crippen LogP contribution in [0, 0.1) is 6.92 Å². The first kappa shape index (κ1) is 8.07. The highest BCUT2D eigenvalue weighted by atomic mass is 16.1. The maximum absolute atomic E-state index is 11.1. The van der Waals surface area contributed by atoms with E-state index in [1.165, 1.54) is 0 Å². The summed E-state index contributed by atoms with van der Waals surface area (Å²) in [6, 6.07) is 0.0775. The quantitative estimate of drug-likeness (QED) is 0.631. The van der Waals surface area contributed by atoms with Crippen molar-refractivity contribution < 1.29 is 0 Å². The summed E-state index contributed by atoms with van der Waals surface area (Å²) in [5, 5.41) is 0. The number of nitrogens with two attached hydrogens (primary N) is 1. The molecule has 4 heteroatoms. The van der Waals surface area contributed by atoms with Gasteiger partial charge < -0.3 is 10.7 Å². The summed E-state index contributed by atoms with van der Waals surface area (Å²) in [6.45, 7) is 4.28. The lowest BCUT2D eigenvalue weighted by Gasteiger charge is -2.10. The maximum Gasteiger partial charge on any atom is 0.325 e. The van der Waals surface area contributed by atoms with E-state index in [9.17, 15) is 4.79 Å². The molecule has 1 heterocycles. The minimum Gasteiger partial charge on any atom is -0.328 e. The van der Waals surface area contributed by atoms with Crippen molar-refractivity contribution >= 4 is 0 Å². The number of aryl methyl sites for hydroxylation is 1. The highest BCUT2D eigenvalue weighted by Crippen LogP contribution is 2.02. The molecule has 1 atom stereocenters. The van der Waals surface area contributed by atoms with Crippen LogP contribution in [0.2, 0.25) is 0 Å². The number of nitrogens with zero attached hydrogens (tertiary/aromatic N) is 1. The number of nitrogens with one attached hydrogen (secondary N) is 1. The lowest BCUT2D eigenvalue weighted by Crippen LogP contribution is -2.26. The van der Waals surface area contributed by atoms with E-state index in [2.05, 4.69) is 4.98 Å². The number of hydrogen-bond acceptors (Lipinski definition) is 2. The minimum absolute atomic E-state index is 0.0775. The first-order valence-electron chi connectivity index (χ1n) is 3.63. The van der Waals surface area contributed by atoms with E-state index in [0.717, 1.165) is 5.69 Å². The van der Waals surface area contributed by atoms with Gasteiger partial charge in [0, 0.05) is 24.5 Å². The molecule has 62 valence electrons. The number of hydrogen-bond donors (Lipinski definition) is 2. The first-order chi connectivity index (χ1) is 5.16. The van der Waals surface area contributed by atoms with E-state index < -0.39 is 0 Å². The van der Waals surface area contributed by atoms with Crippen LogP contribution in [0.4, 0.5) is 0 Å². The monoisotopic (exact) mass is 155 g/mol. The molecule has 4 nitrogen and oxygen atoms in total. The summed E-state index contributed by atoms with van der Waals surface area (Å²) >= 11 is 0. The molecule has 1 aromatic heterocycles. The molecule has 0 radical (unpaired) electrons. The molecule has 1 rings (SSSR count). The molecule has 0 saturated carbocycles. The van der Waals surface area contributed by atoms with Crippen molar-refractivity contribution in [2.24, 2.45) is 5.73 Å². The van der Waals surface area contributed by atoms with Gasteiger partial charge in [-0.15, -0.1) is 0 Å². The normalized spacial score (nSPS) is 13.4. The summed E-state index contributed by atoms with van der Waals surface area (Å²) < 4.78 is 1.65. The van der Waals surface area contributed by atoms with Crippen LogP contribution < -0.4 is 11.4 Å². The topological polar surface area (TPSA) is 63.8 Å². The summed E-state index contributed by atoms with van der Waals surface area (Å²) in [5.41, 5.74) is 6.27. The van der Waals surface area contributed by atoms with Crippen molar-refractivity contribution in [3.05, 3.63) is 22.4 Å². The van der Waals surface area contributed by atoms with E-state index in [1.807, 2.05) is 13.8 Å². The smallest absolute Gasteiger partial charge is 0.325 e. The van der Waals surface area contributed by atoms with Crippen molar-refractivity contribution in [3.8, 4) is 0 Å². The van der Waals surface area contributed by atoms with Crippen LogP contribution in [-0.2, 0) is 0 Å². The Labute approximate surface area is 65.0 Å². The van der Waals surface area contributed by atoms with E-state index in [0.29, 0.717) is 6.54 Å². The summed E-state index contributed by atoms with van der Waals surface area (Å²) in [6.07, 6.45) is 1.69. The van der Waals surface area contributed by atoms with Crippen LogP contribution in [0.3, 0.4) is 0 Å². The molecule has 3 N–H and O–H groups in total. The lowest BCUT2D eigenvalue weighted by molar-refractivity contribution is 0.531. The van der Waals surface area contributed by atoms with Gasteiger partial charge in [0.15, 0.2) is 0 Å². The van der Waals surface area contributed by atoms with Gasteiger partial charge in [0.05, 0.1) is 0 Å². The maximum atomic E-state index is 11.1. The largest absolute Gasteiger partial charge is 0.328 e. The summed E-state index contributed by atoms with van der Waals surface area (Å²) in [7, 11) is 0. The second-order valence-electron chi connectivity index (χ2n) is 2.69. The van der Waals surface area contributed by atoms with Gasteiger partial charge in [-0.1, -0.05) is 0 Å². The molecule has 0 aromatic carbocycles. The summed E-state index contributed by atoms with van der Waals surface area (Å²) in [4.78, 5) is 13.7. The van der Waals surface area contributed by atoms with Gasteiger partial charge in [0.25, 0.3) is 0 Å². The van der Waals surface area contributed by atoms with Crippen LogP contribution in [0.25, 0.3) is 0 Å². The Morgan fingerprint density at radius 3 is 2.82 bits per heavy atom. The number of H-pyrrole nitrogens is 1. The van der Waals surface area contributed by atoms with Crippen molar-refractivity contribution in [1.29, 1.82) is 0 Å². The third-order valence-electron chi connectivity index (χ3n) is 1.79. The van der Waals surface area contributed by atoms with Gasteiger partial charge in [0.2, 0.25) is 0 Å². The van der Waals surface area contributed by atoms with Crippen molar-refractivity contribution in [1.82, 2.24) is 9.55 Å². The van der Waals surface area contributed by atoms with E-state index in [-0.39, 0.29) is 11.7 Å². The second-order valence-corrected chi connectivity index (χ2v) is 2.69. The molecular weight excluding hydrogens is 142 g/mol. The van der Waals surface area contributed by atoms with Gasteiger partial charge in [-0.05, 0) is 13.8 Å². The number of rotatable bonds is 2. The van der Waals surface area contributed by atoms with Crippen molar-refractivity contribution in [3.63, 3.8) is 0 Å². The van der Waals surface area contributed by atoms with Crippen LogP contribution in [0.1, 0.15) is 18.7 Å². The molecule has 0 fully saturated rings. The van der Waals surface area contributed by atoms with Gasteiger partial charge in [-0.3, -0.25) is 4.57 Å². The van der Waals surface area contributed by atoms with Gasteiger partial charge in [-0.2, -0.15) is 0 Å². The SMILES string of the molecule is Cc1c[nH]c(=O)n1C(C)CN. The predicted molar refractivity (Wildman–Crippen MR) is 43.6 cm³/mol. The zero-order valence-electron chi connectivity index (χ0n) is 6.79. The zero-order valence-corrected chi connectivity index (χ0v) is 6.79. The highest BCUT2D eigenvalue weighted by Gasteiger charge is 2.07. The fourth-order valence-electron chi connectivity index (χ4n) is 1.12. The molecule has 0 amide bonds. The Hall–Kier alpha value is -1.03. The van der Waals surface area contributed by atoms with Crippen molar-refractivity contribution in [2.45, 2.75) is 19.9 Å². The molecule has 0 aliphatic rings. The molecule has 1 aromatic rings. The van der Waals surface area contributed by atoms with Gasteiger partial charge in [0.1, 0.15) is 0 Å². The number of imidazole rings is 1. The Kier molecular flexibility index (Phi) is 2.14. The zero-order chi connectivity index (χ0) is 8.43. The number of aromatic amines is 1. The predicted octanol–water partition coefficient (Wildman–Crippen LogP) is 0.00452. The van der Waals surface area contributed by atoms with E-state index >= 15 is 0 Å². The second kappa shape index (κ2) is 2.92. The molecule has 0 aliphatic heterocycles. The number of aromatic nitrogens is 2. The molecule has 0 saturated heterocycles. The fraction of sp³-hybridized carbons (Fsp3) is 0.571. The average Bonchev–Trinajstić information content (AvgIpc) is 2.30. The standard InChI is InChI=1S/C7H13N3O/c1-5(3-8)10-6(2)4-9-7(10)11/h4-5H,3,8H2,1-2H3,(H,9,11). The van der Waals surface area contributed by atoms with Crippen LogP contribution >= 0.6 is 0 Å². The fourth-order valence-corrected chi connectivity index (χ4v) is 1.12. The third kappa shape index (κ3) is 1.35. The molecule has 0 bridgehead atoms. The Balaban J connectivity index is 3.10. The van der Waals surface area contributed by atoms with Gasteiger partial charge >= 0.3 is 5.69 Å². The first-order valence-corrected chi connectivity index (χ1v) is 3.63. The van der Waals surface area contributed by atoms with Crippen LogP contribution in [0.5, 0.6) is 0 Å². The highest BCUT2D eigenvalue weighted by molar-refractivity contribution is 4.96. The Morgan fingerprint density at radius 1 is 1.82 bits per heavy atom. The average molecular weight is 155 g/mol. The molecule has 11 heavy (non-hydrogen) atoms.